The molecule has 0 heterocycles. The van der Waals surface area contributed by atoms with Crippen LogP contribution in [0, 0.1) is 17.1 Å². The zero-order chi connectivity index (χ0) is 15.4. The van der Waals surface area contributed by atoms with E-state index in [9.17, 15) is 9.18 Å². The third-order valence-corrected chi connectivity index (χ3v) is 3.50. The van der Waals surface area contributed by atoms with Gasteiger partial charge in [0, 0.05) is 16.7 Å². The Labute approximate surface area is 129 Å². The summed E-state index contributed by atoms with van der Waals surface area (Å²) in [7, 11) is 0. The first-order valence-corrected chi connectivity index (χ1v) is 6.76. The zero-order valence-corrected chi connectivity index (χ0v) is 12.3. The monoisotopic (exact) mass is 348 g/mol. The average molecular weight is 349 g/mol. The lowest BCUT2D eigenvalue weighted by Crippen LogP contribution is -2.04. The van der Waals surface area contributed by atoms with E-state index in [1.807, 2.05) is 6.07 Å². The van der Waals surface area contributed by atoms with Gasteiger partial charge in [0.2, 0.25) is 0 Å². The molecule has 6 heteroatoms. The molecule has 0 aliphatic heterocycles. The second-order valence-corrected chi connectivity index (χ2v) is 5.13. The summed E-state index contributed by atoms with van der Waals surface area (Å²) in [6.07, 6.45) is 0. The lowest BCUT2D eigenvalue weighted by atomic mass is 10.1. The van der Waals surface area contributed by atoms with E-state index in [1.165, 1.54) is 12.1 Å². The van der Waals surface area contributed by atoms with Gasteiger partial charge in [-0.3, -0.25) is 0 Å². The minimum Gasteiger partial charge on any atom is -0.478 e. The molecule has 0 unspecified atom stereocenters. The van der Waals surface area contributed by atoms with Crippen LogP contribution in [0.15, 0.2) is 40.9 Å². The van der Waals surface area contributed by atoms with Gasteiger partial charge in [-0.2, -0.15) is 5.26 Å². The number of carbonyl (C=O) groups is 1. The predicted molar refractivity (Wildman–Crippen MR) is 79.5 cm³/mol. The fraction of sp³-hybridized carbons (Fsp3) is 0.0667. The molecule has 21 heavy (non-hydrogen) atoms. The summed E-state index contributed by atoms with van der Waals surface area (Å²) in [6.45, 7) is 0.335. The molecule has 106 valence electrons. The molecule has 2 N–H and O–H groups in total. The average Bonchev–Trinajstić information content (AvgIpc) is 2.45. The Balaban J connectivity index is 2.12. The molecule has 0 saturated carbocycles. The van der Waals surface area contributed by atoms with Gasteiger partial charge in [-0.05, 0) is 51.8 Å². The Kier molecular flexibility index (Phi) is 4.55. The first-order chi connectivity index (χ1) is 10.0. The van der Waals surface area contributed by atoms with Gasteiger partial charge in [0.15, 0.2) is 0 Å². The molecule has 0 spiro atoms. The molecule has 0 atom stereocenters. The maximum atomic E-state index is 13.6. The van der Waals surface area contributed by atoms with Gasteiger partial charge in [-0.15, -0.1) is 0 Å². The highest BCUT2D eigenvalue weighted by Gasteiger charge is 2.10. The highest BCUT2D eigenvalue weighted by Crippen LogP contribution is 2.24. The second kappa shape index (κ2) is 6.37. The Bertz CT molecular complexity index is 741. The van der Waals surface area contributed by atoms with Crippen molar-refractivity contribution in [3.63, 3.8) is 0 Å². The number of nitriles is 1. The SMILES string of the molecule is N#Cc1ccc(NCc2ccc(C(=O)O)c(F)c2)c(Br)c1. The molecule has 0 aromatic heterocycles. The number of carboxylic acids is 1. The van der Waals surface area contributed by atoms with Crippen LogP contribution in [0.2, 0.25) is 0 Å². The topological polar surface area (TPSA) is 73.1 Å². The number of aromatic carboxylic acids is 1. The van der Waals surface area contributed by atoms with Gasteiger partial charge in [0.05, 0.1) is 17.2 Å². The van der Waals surface area contributed by atoms with Gasteiger partial charge in [0.1, 0.15) is 5.82 Å². The lowest BCUT2D eigenvalue weighted by molar-refractivity contribution is 0.0692. The minimum atomic E-state index is -1.29. The van der Waals surface area contributed by atoms with Gasteiger partial charge in [-0.1, -0.05) is 6.07 Å². The second-order valence-electron chi connectivity index (χ2n) is 4.28. The number of carboxylic acid groups (broad SMARTS) is 1. The van der Waals surface area contributed by atoms with Crippen LogP contribution in [0.1, 0.15) is 21.5 Å². The van der Waals surface area contributed by atoms with Gasteiger partial charge < -0.3 is 10.4 Å². The number of halogens is 2. The van der Waals surface area contributed by atoms with Gasteiger partial charge in [0.25, 0.3) is 0 Å². The third-order valence-electron chi connectivity index (χ3n) is 2.85. The maximum absolute atomic E-state index is 13.6. The van der Waals surface area contributed by atoms with Crippen LogP contribution in [0.3, 0.4) is 0 Å². The van der Waals surface area contributed by atoms with Crippen LogP contribution < -0.4 is 5.32 Å². The van der Waals surface area contributed by atoms with E-state index in [0.717, 1.165) is 10.2 Å². The normalized spacial score (nSPS) is 9.95. The van der Waals surface area contributed by atoms with Crippen molar-refractivity contribution in [3.05, 3.63) is 63.4 Å². The van der Waals surface area contributed by atoms with Gasteiger partial charge in [-0.25, -0.2) is 9.18 Å². The van der Waals surface area contributed by atoms with E-state index >= 15 is 0 Å². The van der Waals surface area contributed by atoms with Crippen LogP contribution in [0.5, 0.6) is 0 Å². The molecule has 2 aromatic rings. The maximum Gasteiger partial charge on any atom is 0.338 e. The number of hydrogen-bond donors (Lipinski definition) is 2. The number of nitrogens with zero attached hydrogens (tertiary/aromatic N) is 1. The van der Waals surface area contributed by atoms with Gasteiger partial charge >= 0.3 is 5.97 Å². The van der Waals surface area contributed by atoms with Crippen LogP contribution in [-0.4, -0.2) is 11.1 Å². The van der Waals surface area contributed by atoms with E-state index in [-0.39, 0.29) is 5.56 Å². The molecule has 2 rings (SSSR count). The van der Waals surface area contributed by atoms with Crippen molar-refractivity contribution in [2.75, 3.05) is 5.32 Å². The molecular formula is C15H10BrFN2O2. The molecular weight excluding hydrogens is 339 g/mol. The van der Waals surface area contributed by atoms with E-state index in [0.29, 0.717) is 17.7 Å². The van der Waals surface area contributed by atoms with E-state index in [4.69, 9.17) is 10.4 Å². The fourth-order valence-electron chi connectivity index (χ4n) is 1.77. The molecule has 0 saturated heterocycles. The first-order valence-electron chi connectivity index (χ1n) is 5.96. The summed E-state index contributed by atoms with van der Waals surface area (Å²) in [5.41, 5.74) is 1.56. The Morgan fingerprint density at radius 3 is 2.67 bits per heavy atom. The summed E-state index contributed by atoms with van der Waals surface area (Å²) >= 11 is 3.34. The molecule has 0 fully saturated rings. The summed E-state index contributed by atoms with van der Waals surface area (Å²) in [5, 5.41) is 20.6. The van der Waals surface area contributed by atoms with Crippen molar-refractivity contribution >= 4 is 27.6 Å². The van der Waals surface area contributed by atoms with Crippen LogP contribution in [0.4, 0.5) is 10.1 Å². The number of nitrogens with one attached hydrogen (secondary N) is 1. The lowest BCUT2D eigenvalue weighted by Gasteiger charge is -2.09. The molecule has 0 aliphatic rings. The number of benzene rings is 2. The highest BCUT2D eigenvalue weighted by atomic mass is 79.9. The van der Waals surface area contributed by atoms with Crippen LogP contribution in [-0.2, 0) is 6.54 Å². The number of rotatable bonds is 4. The molecule has 0 amide bonds. The minimum absolute atomic E-state index is 0.335. The van der Waals surface area contributed by atoms with E-state index in [1.54, 1.807) is 24.3 Å². The van der Waals surface area contributed by atoms with Crippen molar-refractivity contribution in [2.45, 2.75) is 6.54 Å². The zero-order valence-electron chi connectivity index (χ0n) is 10.7. The largest absolute Gasteiger partial charge is 0.478 e. The Morgan fingerprint density at radius 2 is 2.10 bits per heavy atom. The van der Waals surface area contributed by atoms with Crippen molar-refractivity contribution in [1.29, 1.82) is 5.26 Å². The molecule has 0 bridgehead atoms. The Hall–Kier alpha value is -2.39. The summed E-state index contributed by atoms with van der Waals surface area (Å²) < 4.78 is 14.3. The summed E-state index contributed by atoms with van der Waals surface area (Å²) in [6, 6.07) is 11.1. The standard InChI is InChI=1S/C15H10BrFN2O2/c16-12-5-9(7-18)2-4-14(12)19-8-10-1-3-11(15(20)21)13(17)6-10/h1-6,19H,8H2,(H,20,21). The fourth-order valence-corrected chi connectivity index (χ4v) is 2.29. The molecule has 4 nitrogen and oxygen atoms in total. The van der Waals surface area contributed by atoms with E-state index < -0.39 is 11.8 Å². The van der Waals surface area contributed by atoms with Crippen molar-refractivity contribution < 1.29 is 14.3 Å². The molecule has 2 aromatic carbocycles. The first kappa shape index (κ1) is 15.0. The van der Waals surface area contributed by atoms with Crippen molar-refractivity contribution in [3.8, 4) is 6.07 Å². The molecule has 0 aliphatic carbocycles. The summed E-state index contributed by atoms with van der Waals surface area (Å²) in [5.74, 6) is -2.05. The number of anilines is 1. The van der Waals surface area contributed by atoms with Crippen molar-refractivity contribution in [2.24, 2.45) is 0 Å². The van der Waals surface area contributed by atoms with Crippen molar-refractivity contribution in [1.82, 2.24) is 0 Å². The third kappa shape index (κ3) is 3.58. The molecule has 0 radical (unpaired) electrons. The van der Waals surface area contributed by atoms with Crippen LogP contribution in [0.25, 0.3) is 0 Å². The highest BCUT2D eigenvalue weighted by molar-refractivity contribution is 9.10. The van der Waals surface area contributed by atoms with E-state index in [2.05, 4.69) is 21.2 Å². The number of hydrogen-bond acceptors (Lipinski definition) is 3. The smallest absolute Gasteiger partial charge is 0.338 e. The van der Waals surface area contributed by atoms with Crippen LogP contribution >= 0.6 is 15.9 Å². The quantitative estimate of drug-likeness (QED) is 0.881. The Morgan fingerprint density at radius 1 is 1.33 bits per heavy atom. The summed E-state index contributed by atoms with van der Waals surface area (Å²) in [4.78, 5) is 10.7. The predicted octanol–water partition coefficient (Wildman–Crippen LogP) is 3.77.